The van der Waals surface area contributed by atoms with E-state index in [4.69, 9.17) is 0 Å². The largest absolute Gasteiger partial charge is 0.322 e. The van der Waals surface area contributed by atoms with Crippen molar-refractivity contribution >= 4 is 34.6 Å². The minimum Gasteiger partial charge on any atom is -0.320 e. The maximum absolute atomic E-state index is 13.3. The van der Waals surface area contributed by atoms with Gasteiger partial charge in [0.05, 0.1) is 6.04 Å². The van der Waals surface area contributed by atoms with E-state index in [1.165, 1.54) is 18.2 Å². The molecule has 3 aromatic rings. The second-order valence-electron chi connectivity index (χ2n) is 6.56. The maximum Gasteiger partial charge on any atom is 0.322 e. The zero-order valence-corrected chi connectivity index (χ0v) is 16.2. The molecular weight excluding hydrogens is 393 g/mol. The number of aromatic nitrogens is 2. The highest BCUT2D eigenvalue weighted by molar-refractivity contribution is 7.13. The summed E-state index contributed by atoms with van der Waals surface area (Å²) in [5.41, 5.74) is 1.06. The molecule has 9 heteroatoms. The number of hydrogen-bond donors (Lipinski definition) is 2. The van der Waals surface area contributed by atoms with Crippen molar-refractivity contribution in [1.82, 2.24) is 15.1 Å². The summed E-state index contributed by atoms with van der Waals surface area (Å²) in [6.07, 6.45) is 1.60. The van der Waals surface area contributed by atoms with Gasteiger partial charge in [-0.05, 0) is 43.2 Å². The summed E-state index contributed by atoms with van der Waals surface area (Å²) < 4.78 is 13.3. The van der Waals surface area contributed by atoms with Crippen LogP contribution >= 0.6 is 11.3 Å². The molecule has 3 amide bonds. The number of amides is 3. The highest BCUT2D eigenvalue weighted by Gasteiger charge is 2.33. The maximum atomic E-state index is 13.3. The second-order valence-corrected chi connectivity index (χ2v) is 7.57. The van der Waals surface area contributed by atoms with Gasteiger partial charge in [-0.1, -0.05) is 35.6 Å². The van der Waals surface area contributed by atoms with Crippen molar-refractivity contribution in [3.05, 3.63) is 70.4 Å². The summed E-state index contributed by atoms with van der Waals surface area (Å²) in [6.45, 7) is 0.605. The number of rotatable bonds is 4. The van der Waals surface area contributed by atoms with Gasteiger partial charge in [0.15, 0.2) is 0 Å². The molecular formula is C20H18FN5O2S. The Hall–Kier alpha value is -3.33. The lowest BCUT2D eigenvalue weighted by Crippen LogP contribution is -2.34. The molecule has 1 aliphatic rings. The molecule has 1 fully saturated rings. The van der Waals surface area contributed by atoms with Crippen LogP contribution in [0.1, 0.15) is 33.7 Å². The van der Waals surface area contributed by atoms with Gasteiger partial charge in [0.25, 0.3) is 5.91 Å². The summed E-state index contributed by atoms with van der Waals surface area (Å²) in [5.74, 6) is -0.899. The normalized spacial score (nSPS) is 15.9. The summed E-state index contributed by atoms with van der Waals surface area (Å²) in [4.78, 5) is 26.8. The standard InChI is InChI=1S/C20H18FN5O2S/c21-13-6-4-9-15(12-13)22-17(27)19-25-24-18(29-19)16-10-5-11-26(16)20(28)23-14-7-2-1-3-8-14/h1-4,6-9,12,16H,5,10-11H2,(H,22,27)(H,23,28)/t16-/m1/s1. The van der Waals surface area contributed by atoms with E-state index in [-0.39, 0.29) is 17.1 Å². The van der Waals surface area contributed by atoms with Crippen molar-refractivity contribution in [2.24, 2.45) is 0 Å². The molecule has 2 N–H and O–H groups in total. The number of carbonyl (C=O) groups is 2. The smallest absolute Gasteiger partial charge is 0.320 e. The van der Waals surface area contributed by atoms with Gasteiger partial charge in [0.1, 0.15) is 10.8 Å². The molecule has 1 saturated heterocycles. The van der Waals surface area contributed by atoms with Crippen LogP contribution in [0.5, 0.6) is 0 Å². The average molecular weight is 411 g/mol. The molecule has 0 aliphatic carbocycles. The highest BCUT2D eigenvalue weighted by atomic mass is 32.1. The monoisotopic (exact) mass is 411 g/mol. The zero-order chi connectivity index (χ0) is 20.2. The summed E-state index contributed by atoms with van der Waals surface area (Å²) >= 11 is 1.14. The SMILES string of the molecule is O=C(Nc1cccc(F)c1)c1nnc([C@H]2CCCN2C(=O)Nc2ccccc2)s1. The Bertz CT molecular complexity index is 1030. The minimum atomic E-state index is -0.461. The third kappa shape index (κ3) is 4.40. The van der Waals surface area contributed by atoms with E-state index < -0.39 is 11.7 Å². The van der Waals surface area contributed by atoms with Crippen LogP contribution in [0.3, 0.4) is 0 Å². The molecule has 1 aromatic heterocycles. The van der Waals surface area contributed by atoms with Crippen LogP contribution in [-0.4, -0.2) is 33.6 Å². The number of benzene rings is 2. The molecule has 29 heavy (non-hydrogen) atoms. The van der Waals surface area contributed by atoms with Crippen LogP contribution in [0.25, 0.3) is 0 Å². The number of likely N-dealkylation sites (tertiary alicyclic amines) is 1. The topological polar surface area (TPSA) is 87.2 Å². The lowest BCUT2D eigenvalue weighted by molar-refractivity contribution is 0.102. The third-order valence-electron chi connectivity index (χ3n) is 4.54. The average Bonchev–Trinajstić information content (AvgIpc) is 3.38. The number of nitrogens with zero attached hydrogens (tertiary/aromatic N) is 3. The molecule has 0 radical (unpaired) electrons. The van der Waals surface area contributed by atoms with E-state index >= 15 is 0 Å². The predicted molar refractivity (Wildman–Crippen MR) is 108 cm³/mol. The number of halogens is 1. The molecule has 1 aliphatic heterocycles. The fourth-order valence-electron chi connectivity index (χ4n) is 3.20. The van der Waals surface area contributed by atoms with Crippen LogP contribution in [0, 0.1) is 5.82 Å². The van der Waals surface area contributed by atoms with Crippen LogP contribution < -0.4 is 10.6 Å². The molecule has 0 bridgehead atoms. The number of nitrogens with one attached hydrogen (secondary N) is 2. The minimum absolute atomic E-state index is 0.166. The first-order valence-corrected chi connectivity index (χ1v) is 9.95. The summed E-state index contributed by atoms with van der Waals surface area (Å²) in [7, 11) is 0. The zero-order valence-electron chi connectivity index (χ0n) is 15.3. The Morgan fingerprint density at radius 1 is 1.03 bits per heavy atom. The first kappa shape index (κ1) is 19.0. The Morgan fingerprint density at radius 2 is 1.83 bits per heavy atom. The number of anilines is 2. The fourth-order valence-corrected chi connectivity index (χ4v) is 4.08. The van der Waals surface area contributed by atoms with E-state index in [9.17, 15) is 14.0 Å². The van der Waals surface area contributed by atoms with Crippen LogP contribution in [0.2, 0.25) is 0 Å². The lowest BCUT2D eigenvalue weighted by atomic mass is 10.2. The van der Waals surface area contributed by atoms with Crippen molar-refractivity contribution < 1.29 is 14.0 Å². The molecule has 0 saturated carbocycles. The van der Waals surface area contributed by atoms with E-state index in [1.807, 2.05) is 30.3 Å². The molecule has 148 valence electrons. The van der Waals surface area contributed by atoms with E-state index in [2.05, 4.69) is 20.8 Å². The Kier molecular flexibility index (Phi) is 5.48. The van der Waals surface area contributed by atoms with Crippen LogP contribution in [0.4, 0.5) is 20.6 Å². The van der Waals surface area contributed by atoms with Crippen molar-refractivity contribution in [1.29, 1.82) is 0 Å². The van der Waals surface area contributed by atoms with Gasteiger partial charge in [0, 0.05) is 17.9 Å². The van der Waals surface area contributed by atoms with Gasteiger partial charge in [-0.3, -0.25) is 4.79 Å². The van der Waals surface area contributed by atoms with Crippen LogP contribution in [0.15, 0.2) is 54.6 Å². The number of urea groups is 1. The molecule has 2 aromatic carbocycles. The van der Waals surface area contributed by atoms with E-state index in [0.29, 0.717) is 17.2 Å². The van der Waals surface area contributed by atoms with Crippen molar-refractivity contribution in [3.63, 3.8) is 0 Å². The number of carbonyl (C=O) groups excluding carboxylic acids is 2. The quantitative estimate of drug-likeness (QED) is 0.670. The van der Waals surface area contributed by atoms with Gasteiger partial charge in [-0.25, -0.2) is 9.18 Å². The van der Waals surface area contributed by atoms with Gasteiger partial charge in [-0.15, -0.1) is 10.2 Å². The second kappa shape index (κ2) is 8.36. The van der Waals surface area contributed by atoms with Gasteiger partial charge in [-0.2, -0.15) is 0 Å². The summed E-state index contributed by atoms with van der Waals surface area (Å²) in [6, 6.07) is 14.4. The number of hydrogen-bond acceptors (Lipinski definition) is 5. The van der Waals surface area contributed by atoms with Gasteiger partial charge < -0.3 is 15.5 Å². The van der Waals surface area contributed by atoms with Crippen molar-refractivity contribution in [2.75, 3.05) is 17.2 Å². The first-order chi connectivity index (χ1) is 14.1. The Labute approximate surface area is 170 Å². The van der Waals surface area contributed by atoms with E-state index in [0.717, 1.165) is 29.9 Å². The third-order valence-corrected chi connectivity index (χ3v) is 5.56. The first-order valence-electron chi connectivity index (χ1n) is 9.13. The molecule has 1 atom stereocenters. The lowest BCUT2D eigenvalue weighted by Gasteiger charge is -2.23. The molecule has 2 heterocycles. The highest BCUT2D eigenvalue weighted by Crippen LogP contribution is 2.34. The number of para-hydroxylation sites is 1. The van der Waals surface area contributed by atoms with Crippen molar-refractivity contribution in [3.8, 4) is 0 Å². The molecule has 4 rings (SSSR count). The Balaban J connectivity index is 1.45. The van der Waals surface area contributed by atoms with Crippen molar-refractivity contribution in [2.45, 2.75) is 18.9 Å². The van der Waals surface area contributed by atoms with Gasteiger partial charge in [0.2, 0.25) is 5.01 Å². The van der Waals surface area contributed by atoms with Gasteiger partial charge >= 0.3 is 6.03 Å². The fraction of sp³-hybridized carbons (Fsp3) is 0.200. The van der Waals surface area contributed by atoms with Crippen LogP contribution in [-0.2, 0) is 0 Å². The van der Waals surface area contributed by atoms with E-state index in [1.54, 1.807) is 11.0 Å². The molecule has 0 spiro atoms. The Morgan fingerprint density at radius 3 is 2.62 bits per heavy atom. The predicted octanol–water partition coefficient (Wildman–Crippen LogP) is 4.30. The molecule has 0 unspecified atom stereocenters. The summed E-state index contributed by atoms with van der Waals surface area (Å²) in [5, 5.41) is 14.3. The molecule has 7 nitrogen and oxygen atoms in total.